The smallest absolute Gasteiger partial charge is 0.338 e. The second kappa shape index (κ2) is 7.71. The highest BCUT2D eigenvalue weighted by Crippen LogP contribution is 2.13. The summed E-state index contributed by atoms with van der Waals surface area (Å²) in [5.74, 6) is -1.91. The number of nitrogens with zero attached hydrogens (tertiary/aromatic N) is 2. The molecule has 0 heterocycles. The van der Waals surface area contributed by atoms with E-state index in [9.17, 15) is 14.0 Å². The number of carbonyl (C=O) groups excluding carboxylic acids is 2. The van der Waals surface area contributed by atoms with E-state index in [1.54, 1.807) is 30.3 Å². The highest BCUT2D eigenvalue weighted by atomic mass is 19.1. The third-order valence-electron chi connectivity index (χ3n) is 2.98. The van der Waals surface area contributed by atoms with Gasteiger partial charge < -0.3 is 4.74 Å². The fraction of sp³-hybridized carbons (Fsp3) is 0.118. The monoisotopic (exact) mass is 312 g/mol. The first kappa shape index (κ1) is 16.2. The molecule has 0 bridgehead atoms. The van der Waals surface area contributed by atoms with Crippen LogP contribution < -0.4 is 4.90 Å². The molecule has 23 heavy (non-hydrogen) atoms. The fourth-order valence-corrected chi connectivity index (χ4v) is 1.91. The first-order valence-corrected chi connectivity index (χ1v) is 6.77. The number of carbonyl (C=O) groups is 2. The van der Waals surface area contributed by atoms with Gasteiger partial charge in [-0.3, -0.25) is 9.69 Å². The Morgan fingerprint density at radius 3 is 2.52 bits per heavy atom. The number of anilines is 1. The fourth-order valence-electron chi connectivity index (χ4n) is 1.91. The second-order valence-corrected chi connectivity index (χ2v) is 4.56. The van der Waals surface area contributed by atoms with Crippen LogP contribution in [0, 0.1) is 17.1 Å². The number of benzene rings is 2. The average Bonchev–Trinajstić information content (AvgIpc) is 2.58. The first-order chi connectivity index (χ1) is 11.1. The summed E-state index contributed by atoms with van der Waals surface area (Å²) in [5, 5.41) is 8.84. The molecule has 0 spiro atoms. The lowest BCUT2D eigenvalue weighted by molar-refractivity contribution is -0.121. The van der Waals surface area contributed by atoms with Gasteiger partial charge in [0, 0.05) is 5.69 Å². The van der Waals surface area contributed by atoms with Crippen LogP contribution in [0.25, 0.3) is 0 Å². The zero-order valence-electron chi connectivity index (χ0n) is 12.1. The van der Waals surface area contributed by atoms with Gasteiger partial charge in [0.25, 0.3) is 5.91 Å². The van der Waals surface area contributed by atoms with Crippen molar-refractivity contribution in [1.29, 1.82) is 5.26 Å². The van der Waals surface area contributed by atoms with Crippen LogP contribution in [0.2, 0.25) is 0 Å². The molecule has 2 aromatic rings. The maximum atomic E-state index is 13.1. The zero-order chi connectivity index (χ0) is 16.7. The van der Waals surface area contributed by atoms with Crippen molar-refractivity contribution in [3.8, 4) is 6.07 Å². The molecule has 0 aliphatic carbocycles. The largest absolute Gasteiger partial charge is 0.452 e. The molecule has 0 fully saturated rings. The van der Waals surface area contributed by atoms with Crippen molar-refractivity contribution >= 4 is 17.6 Å². The third-order valence-corrected chi connectivity index (χ3v) is 2.98. The Labute approximate surface area is 132 Å². The van der Waals surface area contributed by atoms with E-state index >= 15 is 0 Å². The summed E-state index contributed by atoms with van der Waals surface area (Å²) in [4.78, 5) is 25.2. The Morgan fingerprint density at radius 1 is 1.13 bits per heavy atom. The van der Waals surface area contributed by atoms with Crippen LogP contribution in [0.3, 0.4) is 0 Å². The van der Waals surface area contributed by atoms with Gasteiger partial charge in [-0.1, -0.05) is 24.3 Å². The predicted molar refractivity (Wildman–Crippen MR) is 81.1 cm³/mol. The van der Waals surface area contributed by atoms with E-state index < -0.39 is 24.3 Å². The Morgan fingerprint density at radius 2 is 1.87 bits per heavy atom. The summed E-state index contributed by atoms with van der Waals surface area (Å²) in [7, 11) is 0. The summed E-state index contributed by atoms with van der Waals surface area (Å²) in [6.45, 7) is -0.702. The van der Waals surface area contributed by atoms with Gasteiger partial charge >= 0.3 is 5.97 Å². The minimum absolute atomic E-state index is 0.0179. The van der Waals surface area contributed by atoms with Crippen molar-refractivity contribution in [2.24, 2.45) is 0 Å². The van der Waals surface area contributed by atoms with Gasteiger partial charge in [0.15, 0.2) is 6.61 Å². The van der Waals surface area contributed by atoms with E-state index in [-0.39, 0.29) is 12.1 Å². The Hall–Kier alpha value is -3.20. The Kier molecular flexibility index (Phi) is 5.42. The molecule has 0 aliphatic heterocycles. The second-order valence-electron chi connectivity index (χ2n) is 4.56. The van der Waals surface area contributed by atoms with E-state index in [2.05, 4.69) is 0 Å². The van der Waals surface area contributed by atoms with E-state index in [4.69, 9.17) is 10.00 Å². The molecule has 0 aromatic heterocycles. The topological polar surface area (TPSA) is 70.4 Å². The minimum Gasteiger partial charge on any atom is -0.452 e. The van der Waals surface area contributed by atoms with Crippen LogP contribution in [0.1, 0.15) is 10.4 Å². The molecular weight excluding hydrogens is 299 g/mol. The van der Waals surface area contributed by atoms with Crippen molar-refractivity contribution in [2.75, 3.05) is 18.1 Å². The summed E-state index contributed by atoms with van der Waals surface area (Å²) in [6, 6.07) is 15.5. The molecule has 2 rings (SSSR count). The number of hydrogen-bond acceptors (Lipinski definition) is 4. The number of para-hydroxylation sites is 1. The lowest BCUT2D eigenvalue weighted by atomic mass is 10.2. The van der Waals surface area contributed by atoms with Crippen LogP contribution in [-0.2, 0) is 9.53 Å². The predicted octanol–water partition coefficient (Wildman–Crippen LogP) is 2.54. The lowest BCUT2D eigenvalue weighted by Crippen LogP contribution is -2.35. The molecule has 116 valence electrons. The lowest BCUT2D eigenvalue weighted by Gasteiger charge is -2.19. The molecule has 0 saturated carbocycles. The molecule has 1 amide bonds. The number of halogens is 1. The summed E-state index contributed by atoms with van der Waals surface area (Å²) in [5.41, 5.74) is 0.546. The van der Waals surface area contributed by atoms with Gasteiger partial charge in [-0.25, -0.2) is 9.18 Å². The zero-order valence-corrected chi connectivity index (χ0v) is 12.1. The van der Waals surface area contributed by atoms with Crippen LogP contribution in [0.5, 0.6) is 0 Å². The van der Waals surface area contributed by atoms with E-state index in [0.29, 0.717) is 5.69 Å². The average molecular weight is 312 g/mol. The van der Waals surface area contributed by atoms with E-state index in [1.165, 1.54) is 23.1 Å². The summed E-state index contributed by atoms with van der Waals surface area (Å²) < 4.78 is 17.9. The van der Waals surface area contributed by atoms with Gasteiger partial charge in [0.05, 0.1) is 11.6 Å². The molecule has 0 radical (unpaired) electrons. The number of amides is 1. The number of rotatable bonds is 5. The van der Waals surface area contributed by atoms with Gasteiger partial charge in [-0.05, 0) is 30.3 Å². The maximum absolute atomic E-state index is 13.1. The summed E-state index contributed by atoms with van der Waals surface area (Å²) in [6.07, 6.45) is 0. The first-order valence-electron chi connectivity index (χ1n) is 6.77. The van der Waals surface area contributed by atoms with E-state index in [0.717, 1.165) is 6.07 Å². The molecular formula is C17H13FN2O3. The van der Waals surface area contributed by atoms with Crippen LogP contribution in [0.15, 0.2) is 54.6 Å². The molecule has 0 atom stereocenters. The third kappa shape index (κ3) is 4.38. The quantitative estimate of drug-likeness (QED) is 0.628. The van der Waals surface area contributed by atoms with Crippen LogP contribution in [-0.4, -0.2) is 25.0 Å². The Balaban J connectivity index is 2.02. The molecule has 2 aromatic carbocycles. The molecule has 6 heteroatoms. The van der Waals surface area contributed by atoms with Crippen molar-refractivity contribution in [1.82, 2.24) is 0 Å². The van der Waals surface area contributed by atoms with Gasteiger partial charge in [0.2, 0.25) is 0 Å². The van der Waals surface area contributed by atoms with Crippen molar-refractivity contribution < 1.29 is 18.7 Å². The molecule has 0 saturated heterocycles. The van der Waals surface area contributed by atoms with Crippen LogP contribution >= 0.6 is 0 Å². The highest BCUT2D eigenvalue weighted by molar-refractivity contribution is 5.97. The number of esters is 1. The molecule has 5 nitrogen and oxygen atoms in total. The molecule has 0 aliphatic rings. The van der Waals surface area contributed by atoms with Gasteiger partial charge in [0.1, 0.15) is 12.4 Å². The highest BCUT2D eigenvalue weighted by Gasteiger charge is 2.18. The normalized spacial score (nSPS) is 9.74. The number of ether oxygens (including phenoxy) is 1. The molecule has 0 N–H and O–H groups in total. The van der Waals surface area contributed by atoms with E-state index in [1.807, 2.05) is 6.07 Å². The summed E-state index contributed by atoms with van der Waals surface area (Å²) >= 11 is 0. The van der Waals surface area contributed by atoms with Crippen molar-refractivity contribution in [3.05, 3.63) is 66.0 Å². The SMILES string of the molecule is N#CCN(C(=O)COC(=O)c1cccc(F)c1)c1ccccc1. The minimum atomic E-state index is -0.803. The Bertz CT molecular complexity index is 741. The van der Waals surface area contributed by atoms with Gasteiger partial charge in [-0.2, -0.15) is 5.26 Å². The van der Waals surface area contributed by atoms with Crippen LogP contribution in [0.4, 0.5) is 10.1 Å². The molecule has 0 unspecified atom stereocenters. The standard InChI is InChI=1S/C17H13FN2O3/c18-14-6-4-5-13(11-14)17(22)23-12-16(21)20(10-9-19)15-7-2-1-3-8-15/h1-8,11H,10,12H2. The van der Waals surface area contributed by atoms with Crippen molar-refractivity contribution in [2.45, 2.75) is 0 Å². The van der Waals surface area contributed by atoms with Gasteiger partial charge in [-0.15, -0.1) is 0 Å². The number of nitriles is 1. The number of hydrogen-bond donors (Lipinski definition) is 0. The van der Waals surface area contributed by atoms with Crippen molar-refractivity contribution in [3.63, 3.8) is 0 Å². The maximum Gasteiger partial charge on any atom is 0.338 e.